The van der Waals surface area contributed by atoms with Crippen LogP contribution in [0, 0.1) is 0 Å². The monoisotopic (exact) mass is 327 g/mol. The molecular formula is C16H29N3O4. The van der Waals surface area contributed by atoms with Crippen molar-refractivity contribution in [3.05, 3.63) is 0 Å². The molecule has 2 saturated heterocycles. The summed E-state index contributed by atoms with van der Waals surface area (Å²) in [5, 5.41) is 9.00. The van der Waals surface area contributed by atoms with Crippen molar-refractivity contribution in [2.24, 2.45) is 0 Å². The fourth-order valence-electron chi connectivity index (χ4n) is 3.60. The normalized spacial score (nSPS) is 26.7. The van der Waals surface area contributed by atoms with Gasteiger partial charge in [-0.15, -0.1) is 0 Å². The standard InChI is InChI=1S/C16H29N3O4/c1-17-8-9-19(15(22)4-11-20)13-16(17)5-3-14(21)18(7-6-16)10-12-23-2/h20H,3-13H2,1-2H3. The smallest absolute Gasteiger partial charge is 0.224 e. The second kappa shape index (κ2) is 8.08. The first kappa shape index (κ1) is 18.2. The van der Waals surface area contributed by atoms with Gasteiger partial charge in [0.25, 0.3) is 0 Å². The molecule has 1 N–H and O–H groups in total. The zero-order valence-corrected chi connectivity index (χ0v) is 14.3. The summed E-state index contributed by atoms with van der Waals surface area (Å²) in [5.41, 5.74) is -0.138. The van der Waals surface area contributed by atoms with Crippen LogP contribution in [0.5, 0.6) is 0 Å². The second-order valence-corrected chi connectivity index (χ2v) is 6.56. The molecule has 0 aromatic carbocycles. The van der Waals surface area contributed by atoms with Gasteiger partial charge in [-0.25, -0.2) is 0 Å². The third-order valence-corrected chi connectivity index (χ3v) is 5.25. The van der Waals surface area contributed by atoms with E-state index < -0.39 is 0 Å². The number of aliphatic hydroxyl groups excluding tert-OH is 1. The number of nitrogens with zero attached hydrogens (tertiary/aromatic N) is 3. The first-order chi connectivity index (χ1) is 11.0. The number of rotatable bonds is 5. The van der Waals surface area contributed by atoms with Crippen LogP contribution in [0.25, 0.3) is 0 Å². The van der Waals surface area contributed by atoms with Crippen LogP contribution in [-0.2, 0) is 14.3 Å². The van der Waals surface area contributed by atoms with Crippen LogP contribution in [0.2, 0.25) is 0 Å². The van der Waals surface area contributed by atoms with Crippen molar-refractivity contribution >= 4 is 11.8 Å². The summed E-state index contributed by atoms with van der Waals surface area (Å²) in [4.78, 5) is 30.5. The molecule has 2 heterocycles. The third kappa shape index (κ3) is 4.22. The molecule has 2 aliphatic rings. The van der Waals surface area contributed by atoms with Crippen molar-refractivity contribution in [2.45, 2.75) is 31.2 Å². The Morgan fingerprint density at radius 1 is 1.30 bits per heavy atom. The molecule has 2 fully saturated rings. The Morgan fingerprint density at radius 3 is 2.78 bits per heavy atom. The van der Waals surface area contributed by atoms with Gasteiger partial charge in [-0.3, -0.25) is 14.5 Å². The first-order valence-corrected chi connectivity index (χ1v) is 8.39. The highest BCUT2D eigenvalue weighted by Gasteiger charge is 2.43. The molecule has 132 valence electrons. The Morgan fingerprint density at radius 2 is 2.09 bits per heavy atom. The van der Waals surface area contributed by atoms with Crippen LogP contribution in [0.4, 0.5) is 0 Å². The fraction of sp³-hybridized carbons (Fsp3) is 0.875. The molecule has 2 aliphatic heterocycles. The van der Waals surface area contributed by atoms with E-state index in [1.165, 1.54) is 0 Å². The van der Waals surface area contributed by atoms with Gasteiger partial charge in [0.05, 0.1) is 13.2 Å². The Labute approximate surface area is 138 Å². The highest BCUT2D eigenvalue weighted by molar-refractivity contribution is 5.77. The number of carbonyl (C=O) groups excluding carboxylic acids is 2. The van der Waals surface area contributed by atoms with Crippen molar-refractivity contribution in [3.63, 3.8) is 0 Å². The van der Waals surface area contributed by atoms with E-state index in [2.05, 4.69) is 11.9 Å². The predicted octanol–water partition coefficient (Wildman–Crippen LogP) is -0.459. The van der Waals surface area contributed by atoms with Gasteiger partial charge in [-0.1, -0.05) is 0 Å². The van der Waals surface area contributed by atoms with E-state index in [0.717, 1.165) is 19.4 Å². The fourth-order valence-corrected chi connectivity index (χ4v) is 3.60. The minimum atomic E-state index is -0.138. The van der Waals surface area contributed by atoms with Crippen LogP contribution in [0.15, 0.2) is 0 Å². The Bertz CT molecular complexity index is 432. The minimum Gasteiger partial charge on any atom is -0.396 e. The zero-order chi connectivity index (χ0) is 16.9. The molecule has 2 amide bonds. The van der Waals surface area contributed by atoms with E-state index in [9.17, 15) is 9.59 Å². The van der Waals surface area contributed by atoms with Gasteiger partial charge in [0.1, 0.15) is 0 Å². The average Bonchev–Trinajstić information content (AvgIpc) is 2.69. The number of aliphatic hydroxyl groups is 1. The van der Waals surface area contributed by atoms with Crippen LogP contribution in [-0.4, -0.2) is 97.3 Å². The van der Waals surface area contributed by atoms with Gasteiger partial charge in [0.2, 0.25) is 11.8 Å². The first-order valence-electron chi connectivity index (χ1n) is 8.39. The molecular weight excluding hydrogens is 298 g/mol. The molecule has 2 rings (SSSR count). The average molecular weight is 327 g/mol. The molecule has 7 heteroatoms. The van der Waals surface area contributed by atoms with Gasteiger partial charge in [0.15, 0.2) is 0 Å². The number of likely N-dealkylation sites (N-methyl/N-ethyl adjacent to an activating group) is 1. The van der Waals surface area contributed by atoms with E-state index in [-0.39, 0.29) is 30.4 Å². The zero-order valence-electron chi connectivity index (χ0n) is 14.3. The highest BCUT2D eigenvalue weighted by atomic mass is 16.5. The lowest BCUT2D eigenvalue weighted by Crippen LogP contribution is -2.62. The maximum atomic E-state index is 12.3. The maximum absolute atomic E-state index is 12.3. The van der Waals surface area contributed by atoms with E-state index >= 15 is 0 Å². The van der Waals surface area contributed by atoms with Crippen LogP contribution < -0.4 is 0 Å². The number of piperazine rings is 1. The molecule has 0 bridgehead atoms. The SMILES string of the molecule is COCCN1CCC2(CCC1=O)CN(C(=O)CCO)CCN2C. The van der Waals surface area contributed by atoms with Crippen molar-refractivity contribution in [2.75, 3.05) is 60.1 Å². The molecule has 1 atom stereocenters. The largest absolute Gasteiger partial charge is 0.396 e. The number of hydrogen-bond donors (Lipinski definition) is 1. The summed E-state index contributed by atoms with van der Waals surface area (Å²) >= 11 is 0. The highest BCUT2D eigenvalue weighted by Crippen LogP contribution is 2.32. The minimum absolute atomic E-state index is 0.00628. The summed E-state index contributed by atoms with van der Waals surface area (Å²) < 4.78 is 5.09. The van der Waals surface area contributed by atoms with E-state index in [0.29, 0.717) is 39.2 Å². The maximum Gasteiger partial charge on any atom is 0.224 e. The Hall–Kier alpha value is -1.18. The summed E-state index contributed by atoms with van der Waals surface area (Å²) in [7, 11) is 3.73. The second-order valence-electron chi connectivity index (χ2n) is 6.56. The summed E-state index contributed by atoms with van der Waals surface area (Å²) in [6.07, 6.45) is 2.32. The number of likely N-dealkylation sites (tertiary alicyclic amines) is 1. The molecule has 1 unspecified atom stereocenters. The summed E-state index contributed by atoms with van der Waals surface area (Å²) in [6, 6.07) is 0. The van der Waals surface area contributed by atoms with Crippen LogP contribution in [0.1, 0.15) is 25.7 Å². The predicted molar refractivity (Wildman–Crippen MR) is 86.0 cm³/mol. The Balaban J connectivity index is 2.06. The van der Waals surface area contributed by atoms with Crippen molar-refractivity contribution in [1.29, 1.82) is 0 Å². The molecule has 1 spiro atoms. The number of hydrogen-bond acceptors (Lipinski definition) is 5. The van der Waals surface area contributed by atoms with Crippen LogP contribution in [0.3, 0.4) is 0 Å². The molecule has 0 aromatic heterocycles. The quantitative estimate of drug-likeness (QED) is 0.740. The third-order valence-electron chi connectivity index (χ3n) is 5.25. The molecule has 0 aliphatic carbocycles. The molecule has 7 nitrogen and oxygen atoms in total. The van der Waals surface area contributed by atoms with Crippen molar-refractivity contribution < 1.29 is 19.4 Å². The van der Waals surface area contributed by atoms with Gasteiger partial charge < -0.3 is 19.6 Å². The van der Waals surface area contributed by atoms with Gasteiger partial charge in [0, 0.05) is 58.2 Å². The number of amides is 2. The van der Waals surface area contributed by atoms with Crippen molar-refractivity contribution in [3.8, 4) is 0 Å². The lowest BCUT2D eigenvalue weighted by molar-refractivity contribution is -0.137. The topological polar surface area (TPSA) is 73.3 Å². The van der Waals surface area contributed by atoms with Gasteiger partial charge >= 0.3 is 0 Å². The lowest BCUT2D eigenvalue weighted by atomic mass is 9.86. The Kier molecular flexibility index (Phi) is 6.38. The summed E-state index contributed by atoms with van der Waals surface area (Å²) in [6.45, 7) is 3.92. The molecule has 0 radical (unpaired) electrons. The van der Waals surface area contributed by atoms with E-state index in [4.69, 9.17) is 9.84 Å². The molecule has 0 aromatic rings. The number of carbonyl (C=O) groups is 2. The molecule has 0 saturated carbocycles. The van der Waals surface area contributed by atoms with Crippen LogP contribution >= 0.6 is 0 Å². The number of methoxy groups -OCH3 is 1. The van der Waals surface area contributed by atoms with Gasteiger partial charge in [-0.2, -0.15) is 0 Å². The van der Waals surface area contributed by atoms with Crippen molar-refractivity contribution in [1.82, 2.24) is 14.7 Å². The molecule has 23 heavy (non-hydrogen) atoms. The number of ether oxygens (including phenoxy) is 1. The van der Waals surface area contributed by atoms with E-state index in [1.807, 2.05) is 9.80 Å². The van der Waals surface area contributed by atoms with Gasteiger partial charge in [-0.05, 0) is 19.9 Å². The lowest BCUT2D eigenvalue weighted by Gasteiger charge is -2.49. The summed E-state index contributed by atoms with van der Waals surface area (Å²) in [5.74, 6) is 0.179. The van der Waals surface area contributed by atoms with E-state index in [1.54, 1.807) is 7.11 Å².